The van der Waals surface area contributed by atoms with Crippen molar-refractivity contribution in [2.24, 2.45) is 0 Å². The van der Waals surface area contributed by atoms with Gasteiger partial charge in [0.2, 0.25) is 0 Å². The van der Waals surface area contributed by atoms with Crippen molar-refractivity contribution in [2.45, 2.75) is 76.9 Å². The van der Waals surface area contributed by atoms with E-state index in [1.54, 1.807) is 6.08 Å². The molecule has 0 aliphatic carbocycles. The fraction of sp³-hybridized carbons (Fsp3) is 0.560. The van der Waals surface area contributed by atoms with E-state index in [4.69, 9.17) is 20.2 Å². The molecule has 176 valence electrons. The van der Waals surface area contributed by atoms with E-state index in [0.29, 0.717) is 12.8 Å². The van der Waals surface area contributed by atoms with E-state index in [2.05, 4.69) is 48.3 Å². The Bertz CT molecular complexity index is 562. The molecule has 3 N–H and O–H groups in total. The first-order chi connectivity index (χ1) is 15.1. The number of unbranched alkanes of at least 4 members (excludes halogenated alkanes) is 2. The van der Waals surface area contributed by atoms with Gasteiger partial charge in [0.15, 0.2) is 0 Å². The second-order valence-corrected chi connectivity index (χ2v) is 7.11. The summed E-state index contributed by atoms with van der Waals surface area (Å²) >= 11 is 0. The summed E-state index contributed by atoms with van der Waals surface area (Å²) in [5.41, 5.74) is 0. The molecule has 2 unspecified atom stereocenters. The maximum atomic E-state index is 11.5. The first kappa shape index (κ1) is 29.0. The largest absolute Gasteiger partial charge is 0.463 e. The van der Waals surface area contributed by atoms with Crippen molar-refractivity contribution in [3.05, 3.63) is 60.8 Å². The molecule has 0 amide bonds. The van der Waals surface area contributed by atoms with Crippen LogP contribution in [0.15, 0.2) is 60.8 Å². The molecule has 0 aliphatic heterocycles. The Labute approximate surface area is 187 Å². The van der Waals surface area contributed by atoms with Crippen LogP contribution in [0.1, 0.15) is 64.7 Å². The van der Waals surface area contributed by atoms with E-state index >= 15 is 0 Å². The minimum Gasteiger partial charge on any atom is -0.463 e. The summed E-state index contributed by atoms with van der Waals surface area (Å²) in [5.74, 6) is -0.387. The van der Waals surface area contributed by atoms with E-state index < -0.39 is 12.7 Å². The topological polar surface area (TPSA) is 96.2 Å². The summed E-state index contributed by atoms with van der Waals surface area (Å²) < 4.78 is 4.83. The molecule has 31 heavy (non-hydrogen) atoms. The van der Waals surface area contributed by atoms with Gasteiger partial charge >= 0.3 is 5.97 Å². The van der Waals surface area contributed by atoms with Crippen molar-refractivity contribution in [1.29, 1.82) is 0 Å². The molecule has 0 heterocycles. The Morgan fingerprint density at radius 1 is 0.903 bits per heavy atom. The predicted octanol–water partition coefficient (Wildman–Crippen LogP) is 5.05. The number of carbonyl (C=O) groups excluding carboxylic acids is 1. The van der Waals surface area contributed by atoms with Crippen molar-refractivity contribution in [2.75, 3.05) is 13.2 Å². The Hall–Kier alpha value is -1.99. The number of allylic oxidation sites excluding steroid dienone is 9. The lowest BCUT2D eigenvalue weighted by Crippen LogP contribution is -2.21. The van der Waals surface area contributed by atoms with Gasteiger partial charge in [-0.05, 0) is 38.5 Å². The van der Waals surface area contributed by atoms with Crippen LogP contribution in [0.2, 0.25) is 0 Å². The van der Waals surface area contributed by atoms with Crippen molar-refractivity contribution in [3.63, 3.8) is 0 Å². The summed E-state index contributed by atoms with van der Waals surface area (Å²) in [6.45, 7) is 1.52. The van der Waals surface area contributed by atoms with E-state index in [1.807, 2.05) is 18.2 Å². The van der Waals surface area contributed by atoms with Crippen LogP contribution in [0.25, 0.3) is 0 Å². The zero-order valence-electron chi connectivity index (χ0n) is 18.8. The average Bonchev–Trinajstić information content (AvgIpc) is 2.78. The van der Waals surface area contributed by atoms with Crippen molar-refractivity contribution < 1.29 is 29.9 Å². The summed E-state index contributed by atoms with van der Waals surface area (Å²) in [5, 5.41) is 26.8. The van der Waals surface area contributed by atoms with E-state index in [9.17, 15) is 4.79 Å². The van der Waals surface area contributed by atoms with Crippen LogP contribution in [0.5, 0.6) is 0 Å². The monoisotopic (exact) mass is 436 g/mol. The number of aliphatic hydroxyl groups is 2. The first-order valence-electron chi connectivity index (χ1n) is 11.2. The van der Waals surface area contributed by atoms with Crippen LogP contribution in [0, 0.1) is 0 Å². The highest BCUT2D eigenvalue weighted by Gasteiger charge is 2.08. The smallest absolute Gasteiger partial charge is 0.305 e. The minimum atomic E-state index is -1.02. The first-order valence-corrected chi connectivity index (χ1v) is 11.2. The fourth-order valence-electron chi connectivity index (χ4n) is 2.52. The quantitative estimate of drug-likeness (QED) is 0.0655. The average molecular weight is 437 g/mol. The second-order valence-electron chi connectivity index (χ2n) is 7.11. The molecule has 2 atom stereocenters. The Morgan fingerprint density at radius 2 is 1.55 bits per heavy atom. The zero-order valence-corrected chi connectivity index (χ0v) is 18.8. The molecule has 0 aromatic rings. The standard InChI is InChI=1S/C25H40O6/c1-2-3-4-5-6-7-8-9-10-11-12-13-15-18-24(31-29)19-16-14-17-20-25(28)30-22-23(27)21-26/h3-4,6-7,9-10,12-13,15,18,23-24,26-27,29H,2,5,8,11,14,16-17,19-22H2,1H3. The molecule has 0 aromatic carbocycles. The van der Waals surface area contributed by atoms with Gasteiger partial charge in [-0.15, -0.1) is 0 Å². The van der Waals surface area contributed by atoms with Gasteiger partial charge in [0.25, 0.3) is 0 Å². The third-order valence-corrected chi connectivity index (χ3v) is 4.28. The van der Waals surface area contributed by atoms with E-state index in [-0.39, 0.29) is 25.1 Å². The SMILES string of the molecule is CCC=CCC=CCC=CCC=CC=CC(CCCCCC(=O)OCC(O)CO)OO. The molecule has 0 bridgehead atoms. The van der Waals surface area contributed by atoms with Crippen LogP contribution >= 0.6 is 0 Å². The number of carbonyl (C=O) groups is 1. The Balaban J connectivity index is 3.81. The lowest BCUT2D eigenvalue weighted by atomic mass is 10.1. The Kier molecular flexibility index (Phi) is 21.2. The molecule has 0 aliphatic rings. The Morgan fingerprint density at radius 3 is 2.16 bits per heavy atom. The maximum Gasteiger partial charge on any atom is 0.305 e. The molecule has 0 spiro atoms. The molecular formula is C25H40O6. The van der Waals surface area contributed by atoms with Crippen LogP contribution in [-0.2, 0) is 14.4 Å². The van der Waals surface area contributed by atoms with E-state index in [1.165, 1.54) is 0 Å². The molecule has 0 saturated heterocycles. The summed E-state index contributed by atoms with van der Waals surface area (Å²) in [6.07, 6.45) is 26.2. The highest BCUT2D eigenvalue weighted by Crippen LogP contribution is 2.10. The van der Waals surface area contributed by atoms with Gasteiger partial charge in [0.1, 0.15) is 18.8 Å². The van der Waals surface area contributed by atoms with Crippen molar-refractivity contribution >= 4 is 5.97 Å². The van der Waals surface area contributed by atoms with Gasteiger partial charge in [0, 0.05) is 6.42 Å². The molecule has 6 nitrogen and oxygen atoms in total. The summed E-state index contributed by atoms with van der Waals surface area (Å²) in [7, 11) is 0. The molecule has 0 aromatic heterocycles. The van der Waals surface area contributed by atoms with Gasteiger partial charge in [-0.3, -0.25) is 10.1 Å². The number of esters is 1. The van der Waals surface area contributed by atoms with Gasteiger partial charge in [-0.25, -0.2) is 4.89 Å². The summed E-state index contributed by atoms with van der Waals surface area (Å²) in [6, 6.07) is 0. The summed E-state index contributed by atoms with van der Waals surface area (Å²) in [4.78, 5) is 15.9. The van der Waals surface area contributed by atoms with Gasteiger partial charge < -0.3 is 14.9 Å². The fourth-order valence-corrected chi connectivity index (χ4v) is 2.52. The number of aliphatic hydroxyl groups excluding tert-OH is 2. The molecule has 0 radical (unpaired) electrons. The zero-order chi connectivity index (χ0) is 23.0. The number of ether oxygens (including phenoxy) is 1. The van der Waals surface area contributed by atoms with Gasteiger partial charge in [-0.2, -0.15) is 0 Å². The normalized spacial score (nSPS) is 14.6. The maximum absolute atomic E-state index is 11.5. The second kappa shape index (κ2) is 22.7. The van der Waals surface area contributed by atoms with Crippen molar-refractivity contribution in [1.82, 2.24) is 0 Å². The lowest BCUT2D eigenvalue weighted by molar-refractivity contribution is -0.267. The van der Waals surface area contributed by atoms with E-state index in [0.717, 1.165) is 38.5 Å². The van der Waals surface area contributed by atoms with Crippen LogP contribution < -0.4 is 0 Å². The van der Waals surface area contributed by atoms with Gasteiger partial charge in [0.05, 0.1) is 6.61 Å². The molecular weight excluding hydrogens is 396 g/mol. The van der Waals surface area contributed by atoms with Crippen LogP contribution in [-0.4, -0.2) is 46.9 Å². The third-order valence-electron chi connectivity index (χ3n) is 4.28. The molecule has 0 saturated carbocycles. The van der Waals surface area contributed by atoms with Gasteiger partial charge in [-0.1, -0.05) is 80.5 Å². The number of hydrogen-bond acceptors (Lipinski definition) is 6. The highest BCUT2D eigenvalue weighted by atomic mass is 17.1. The third kappa shape index (κ3) is 21.0. The van der Waals surface area contributed by atoms with Crippen LogP contribution in [0.3, 0.4) is 0 Å². The molecule has 6 heteroatoms. The van der Waals surface area contributed by atoms with Crippen molar-refractivity contribution in [3.8, 4) is 0 Å². The molecule has 0 fully saturated rings. The molecule has 0 rings (SSSR count). The predicted molar refractivity (Wildman–Crippen MR) is 124 cm³/mol. The number of hydrogen-bond donors (Lipinski definition) is 3. The highest BCUT2D eigenvalue weighted by molar-refractivity contribution is 5.69. The van der Waals surface area contributed by atoms with Crippen LogP contribution in [0.4, 0.5) is 0 Å². The number of rotatable bonds is 19. The minimum absolute atomic E-state index is 0.183. The lowest BCUT2D eigenvalue weighted by Gasteiger charge is -2.09.